The van der Waals surface area contributed by atoms with Crippen molar-refractivity contribution in [3.05, 3.63) is 30.3 Å². The van der Waals surface area contributed by atoms with Gasteiger partial charge in [-0.25, -0.2) is 0 Å². The minimum atomic E-state index is 0.330. The molecule has 0 aromatic heterocycles. The van der Waals surface area contributed by atoms with E-state index in [0.29, 0.717) is 5.41 Å². The van der Waals surface area contributed by atoms with Crippen LogP contribution in [0.5, 0.6) is 0 Å². The maximum absolute atomic E-state index is 6.08. The molecule has 2 heteroatoms. The highest BCUT2D eigenvalue weighted by molar-refractivity contribution is 5.45. The molecular formula is C16H26N2. The summed E-state index contributed by atoms with van der Waals surface area (Å²) in [5.41, 5.74) is 7.71. The fourth-order valence-corrected chi connectivity index (χ4v) is 3.08. The number of rotatable bonds is 4. The van der Waals surface area contributed by atoms with Crippen LogP contribution in [0.1, 0.15) is 32.6 Å². The molecule has 0 heterocycles. The van der Waals surface area contributed by atoms with E-state index in [1.165, 1.54) is 31.4 Å². The van der Waals surface area contributed by atoms with Crippen LogP contribution in [-0.2, 0) is 0 Å². The van der Waals surface area contributed by atoms with Crippen LogP contribution in [0.25, 0.3) is 0 Å². The Labute approximate surface area is 111 Å². The van der Waals surface area contributed by atoms with E-state index in [-0.39, 0.29) is 0 Å². The normalized spacial score (nSPS) is 28.1. The molecule has 2 rings (SSSR count). The van der Waals surface area contributed by atoms with E-state index in [0.717, 1.165) is 19.0 Å². The Balaban J connectivity index is 2.02. The second-order valence-electron chi connectivity index (χ2n) is 6.08. The fraction of sp³-hybridized carbons (Fsp3) is 0.625. The molecule has 0 bridgehead atoms. The van der Waals surface area contributed by atoms with Crippen LogP contribution in [0.4, 0.5) is 5.69 Å². The van der Waals surface area contributed by atoms with E-state index < -0.39 is 0 Å². The van der Waals surface area contributed by atoms with E-state index in [9.17, 15) is 0 Å². The van der Waals surface area contributed by atoms with Gasteiger partial charge in [-0.3, -0.25) is 0 Å². The summed E-state index contributed by atoms with van der Waals surface area (Å²) in [6.07, 6.45) is 5.23. The van der Waals surface area contributed by atoms with Crippen molar-refractivity contribution in [3.8, 4) is 0 Å². The Morgan fingerprint density at radius 1 is 1.22 bits per heavy atom. The first-order valence-electron chi connectivity index (χ1n) is 7.11. The van der Waals surface area contributed by atoms with Gasteiger partial charge in [0.2, 0.25) is 0 Å². The van der Waals surface area contributed by atoms with E-state index in [1.807, 2.05) is 0 Å². The first kappa shape index (κ1) is 13.4. The number of nitrogens with two attached hydrogens (primary N) is 1. The molecule has 1 aliphatic carbocycles. The second-order valence-corrected chi connectivity index (χ2v) is 6.08. The lowest BCUT2D eigenvalue weighted by atomic mass is 9.70. The number of hydrogen-bond acceptors (Lipinski definition) is 2. The average Bonchev–Trinajstić information content (AvgIpc) is 2.43. The minimum absolute atomic E-state index is 0.330. The predicted octanol–water partition coefficient (Wildman–Crippen LogP) is 3.28. The Kier molecular flexibility index (Phi) is 4.28. The van der Waals surface area contributed by atoms with Gasteiger partial charge in [0.15, 0.2) is 0 Å². The molecule has 1 fully saturated rings. The van der Waals surface area contributed by atoms with Crippen molar-refractivity contribution >= 4 is 5.69 Å². The van der Waals surface area contributed by atoms with Gasteiger partial charge in [-0.15, -0.1) is 0 Å². The summed E-state index contributed by atoms with van der Waals surface area (Å²) in [4.78, 5) is 2.36. The molecule has 0 unspecified atom stereocenters. The minimum Gasteiger partial charge on any atom is -0.374 e. The lowest BCUT2D eigenvalue weighted by molar-refractivity contribution is 0.171. The molecular weight excluding hydrogens is 220 g/mol. The van der Waals surface area contributed by atoms with Gasteiger partial charge >= 0.3 is 0 Å². The van der Waals surface area contributed by atoms with Gasteiger partial charge in [-0.05, 0) is 37.4 Å². The summed E-state index contributed by atoms with van der Waals surface area (Å²) in [5.74, 6) is 0.881. The Bertz CT molecular complexity index is 353. The van der Waals surface area contributed by atoms with Crippen molar-refractivity contribution in [2.45, 2.75) is 32.6 Å². The number of anilines is 1. The maximum atomic E-state index is 6.08. The standard InChI is InChI=1S/C16H26N2/c1-14-8-10-16(12-17,11-9-14)13-18(2)15-6-4-3-5-7-15/h3-7,14H,8-13,17H2,1-2H3. The molecule has 0 amide bonds. The summed E-state index contributed by atoms with van der Waals surface area (Å²) in [6.45, 7) is 4.26. The molecule has 1 aromatic carbocycles. The van der Waals surface area contributed by atoms with Crippen molar-refractivity contribution in [1.82, 2.24) is 0 Å². The van der Waals surface area contributed by atoms with Gasteiger partial charge in [0.1, 0.15) is 0 Å². The molecule has 0 radical (unpaired) electrons. The molecule has 100 valence electrons. The summed E-state index contributed by atoms with van der Waals surface area (Å²) in [7, 11) is 2.19. The van der Waals surface area contributed by atoms with Crippen molar-refractivity contribution in [2.24, 2.45) is 17.1 Å². The van der Waals surface area contributed by atoms with Crippen LogP contribution in [0.15, 0.2) is 30.3 Å². The number of nitrogens with zero attached hydrogens (tertiary/aromatic N) is 1. The quantitative estimate of drug-likeness (QED) is 0.883. The third-order valence-electron chi connectivity index (χ3n) is 4.54. The van der Waals surface area contributed by atoms with Crippen LogP contribution < -0.4 is 10.6 Å². The first-order chi connectivity index (χ1) is 8.65. The highest BCUT2D eigenvalue weighted by atomic mass is 15.1. The number of para-hydroxylation sites is 1. The highest BCUT2D eigenvalue weighted by Gasteiger charge is 2.34. The lowest BCUT2D eigenvalue weighted by Gasteiger charge is -2.41. The molecule has 0 saturated heterocycles. The second kappa shape index (κ2) is 5.75. The van der Waals surface area contributed by atoms with Gasteiger partial charge in [0.25, 0.3) is 0 Å². The highest BCUT2D eigenvalue weighted by Crippen LogP contribution is 2.39. The maximum Gasteiger partial charge on any atom is 0.0363 e. The zero-order chi connectivity index (χ0) is 13.0. The summed E-state index contributed by atoms with van der Waals surface area (Å²) >= 11 is 0. The van der Waals surface area contributed by atoms with E-state index in [2.05, 4.69) is 49.2 Å². The average molecular weight is 246 g/mol. The van der Waals surface area contributed by atoms with Crippen LogP contribution in [0.2, 0.25) is 0 Å². The van der Waals surface area contributed by atoms with Gasteiger partial charge < -0.3 is 10.6 Å². The zero-order valence-corrected chi connectivity index (χ0v) is 11.7. The van der Waals surface area contributed by atoms with Gasteiger partial charge in [0, 0.05) is 24.7 Å². The predicted molar refractivity (Wildman–Crippen MR) is 78.8 cm³/mol. The molecule has 0 spiro atoms. The third-order valence-corrected chi connectivity index (χ3v) is 4.54. The van der Waals surface area contributed by atoms with Gasteiger partial charge in [-0.2, -0.15) is 0 Å². The molecule has 1 aliphatic rings. The number of benzene rings is 1. The van der Waals surface area contributed by atoms with Crippen molar-refractivity contribution in [2.75, 3.05) is 25.0 Å². The summed E-state index contributed by atoms with van der Waals surface area (Å²) in [5, 5.41) is 0. The van der Waals surface area contributed by atoms with Crippen molar-refractivity contribution in [3.63, 3.8) is 0 Å². The zero-order valence-electron chi connectivity index (χ0n) is 11.7. The Morgan fingerprint density at radius 3 is 2.39 bits per heavy atom. The Hall–Kier alpha value is -1.02. The van der Waals surface area contributed by atoms with Crippen molar-refractivity contribution in [1.29, 1.82) is 0 Å². The first-order valence-corrected chi connectivity index (χ1v) is 7.11. The van der Waals surface area contributed by atoms with E-state index in [4.69, 9.17) is 5.73 Å². The third kappa shape index (κ3) is 3.05. The summed E-state index contributed by atoms with van der Waals surface area (Å²) < 4.78 is 0. The molecule has 1 aromatic rings. The van der Waals surface area contributed by atoms with E-state index >= 15 is 0 Å². The van der Waals surface area contributed by atoms with Crippen LogP contribution in [0, 0.1) is 11.3 Å². The molecule has 2 N–H and O–H groups in total. The summed E-state index contributed by atoms with van der Waals surface area (Å²) in [6, 6.07) is 10.6. The smallest absolute Gasteiger partial charge is 0.0363 e. The van der Waals surface area contributed by atoms with Crippen LogP contribution >= 0.6 is 0 Å². The molecule has 0 aliphatic heterocycles. The number of hydrogen-bond donors (Lipinski definition) is 1. The largest absolute Gasteiger partial charge is 0.374 e. The lowest BCUT2D eigenvalue weighted by Crippen LogP contribution is -2.43. The van der Waals surface area contributed by atoms with Crippen molar-refractivity contribution < 1.29 is 0 Å². The molecule has 0 atom stereocenters. The van der Waals surface area contributed by atoms with Gasteiger partial charge in [0.05, 0.1) is 0 Å². The van der Waals surface area contributed by atoms with Crippen LogP contribution in [0.3, 0.4) is 0 Å². The topological polar surface area (TPSA) is 29.3 Å². The van der Waals surface area contributed by atoms with E-state index in [1.54, 1.807) is 0 Å². The molecule has 2 nitrogen and oxygen atoms in total. The molecule has 18 heavy (non-hydrogen) atoms. The SMILES string of the molecule is CC1CCC(CN)(CN(C)c2ccccc2)CC1. The van der Waals surface area contributed by atoms with Gasteiger partial charge in [-0.1, -0.05) is 38.0 Å². The Morgan fingerprint density at radius 2 is 1.83 bits per heavy atom. The van der Waals surface area contributed by atoms with Crippen LogP contribution in [-0.4, -0.2) is 20.1 Å². The molecule has 1 saturated carbocycles. The fourth-order valence-electron chi connectivity index (χ4n) is 3.08. The monoisotopic (exact) mass is 246 g/mol.